The maximum absolute atomic E-state index is 12.5. The molecule has 3 rings (SSSR count). The number of rotatable bonds is 3. The number of ether oxygens (including phenoxy) is 1. The molecule has 25 heavy (non-hydrogen) atoms. The van der Waals surface area contributed by atoms with Crippen molar-refractivity contribution in [2.45, 2.75) is 44.9 Å². The molecule has 0 radical (unpaired) electrons. The minimum atomic E-state index is -4.78. The summed E-state index contributed by atoms with van der Waals surface area (Å²) in [5.41, 5.74) is 2.40. The Labute approximate surface area is 142 Å². The van der Waals surface area contributed by atoms with E-state index in [0.29, 0.717) is 5.69 Å². The van der Waals surface area contributed by atoms with Crippen LogP contribution < -0.4 is 10.1 Å². The molecule has 5 nitrogen and oxygen atoms in total. The number of amides is 1. The largest absolute Gasteiger partial charge is 0.573 e. The fourth-order valence-corrected chi connectivity index (χ4v) is 2.98. The molecule has 1 amide bonds. The van der Waals surface area contributed by atoms with Crippen molar-refractivity contribution in [3.63, 3.8) is 0 Å². The van der Waals surface area contributed by atoms with Crippen molar-refractivity contribution in [3.8, 4) is 5.75 Å². The van der Waals surface area contributed by atoms with Crippen LogP contribution in [0.4, 0.5) is 18.9 Å². The molecule has 2 aromatic rings. The van der Waals surface area contributed by atoms with E-state index in [0.717, 1.165) is 55.8 Å². The Kier molecular flexibility index (Phi) is 4.96. The molecule has 2 N–H and O–H groups in total. The van der Waals surface area contributed by atoms with E-state index in [-0.39, 0.29) is 11.4 Å². The van der Waals surface area contributed by atoms with Gasteiger partial charge in [0.05, 0.1) is 0 Å². The summed E-state index contributed by atoms with van der Waals surface area (Å²) in [6, 6.07) is 5.18. The van der Waals surface area contributed by atoms with Gasteiger partial charge in [0, 0.05) is 23.0 Å². The van der Waals surface area contributed by atoms with Crippen LogP contribution in [0.25, 0.3) is 0 Å². The lowest BCUT2D eigenvalue weighted by Crippen LogP contribution is -2.18. The SMILES string of the molecule is O=C(Nc1cccc(OC(F)(F)F)c1)c1n[nH]c2c1CCCCCC2. The monoisotopic (exact) mass is 353 g/mol. The first-order valence-corrected chi connectivity index (χ1v) is 8.16. The molecule has 0 fully saturated rings. The van der Waals surface area contributed by atoms with E-state index in [9.17, 15) is 18.0 Å². The maximum Gasteiger partial charge on any atom is 0.573 e. The first-order valence-electron chi connectivity index (χ1n) is 8.16. The van der Waals surface area contributed by atoms with Gasteiger partial charge in [-0.1, -0.05) is 18.9 Å². The number of H-pyrrole nitrogens is 1. The molecule has 0 spiro atoms. The summed E-state index contributed by atoms with van der Waals surface area (Å²) in [6.45, 7) is 0. The van der Waals surface area contributed by atoms with Gasteiger partial charge in [-0.15, -0.1) is 13.2 Å². The Hall–Kier alpha value is -2.51. The van der Waals surface area contributed by atoms with Gasteiger partial charge < -0.3 is 10.1 Å². The highest BCUT2D eigenvalue weighted by Crippen LogP contribution is 2.26. The molecule has 0 saturated heterocycles. The molecule has 0 saturated carbocycles. The van der Waals surface area contributed by atoms with Crippen LogP contribution in [0.15, 0.2) is 24.3 Å². The first-order chi connectivity index (χ1) is 11.9. The zero-order chi connectivity index (χ0) is 17.9. The van der Waals surface area contributed by atoms with Crippen LogP contribution in [0.1, 0.15) is 47.4 Å². The summed E-state index contributed by atoms with van der Waals surface area (Å²) in [5, 5.41) is 9.62. The number of benzene rings is 1. The van der Waals surface area contributed by atoms with Gasteiger partial charge in [0.15, 0.2) is 5.69 Å². The second-order valence-corrected chi connectivity index (χ2v) is 5.97. The summed E-state index contributed by atoms with van der Waals surface area (Å²) in [5.74, 6) is -0.829. The number of carbonyl (C=O) groups excluding carboxylic acids is 1. The van der Waals surface area contributed by atoms with Crippen molar-refractivity contribution < 1.29 is 22.7 Å². The topological polar surface area (TPSA) is 67.0 Å². The molecule has 1 aliphatic rings. The highest BCUT2D eigenvalue weighted by molar-refractivity contribution is 6.04. The third-order valence-electron chi connectivity index (χ3n) is 4.10. The molecule has 0 bridgehead atoms. The van der Waals surface area contributed by atoms with Crippen LogP contribution in [0.5, 0.6) is 5.75 Å². The number of aryl methyl sites for hydroxylation is 1. The Morgan fingerprint density at radius 1 is 1.16 bits per heavy atom. The molecule has 0 atom stereocenters. The number of anilines is 1. The summed E-state index contributed by atoms with van der Waals surface area (Å²) < 4.78 is 40.7. The lowest BCUT2D eigenvalue weighted by Gasteiger charge is -2.11. The Bertz CT molecular complexity index is 756. The number of halogens is 3. The van der Waals surface area contributed by atoms with E-state index in [1.54, 1.807) is 0 Å². The molecule has 1 heterocycles. The van der Waals surface area contributed by atoms with Gasteiger partial charge >= 0.3 is 6.36 Å². The van der Waals surface area contributed by atoms with Gasteiger partial charge in [0.25, 0.3) is 5.91 Å². The van der Waals surface area contributed by atoms with Crippen molar-refractivity contribution in [3.05, 3.63) is 41.2 Å². The second-order valence-electron chi connectivity index (χ2n) is 5.97. The Balaban J connectivity index is 1.76. The van der Waals surface area contributed by atoms with E-state index >= 15 is 0 Å². The standard InChI is InChI=1S/C17H18F3N3O2/c18-17(19,20)25-12-7-5-6-11(10-12)21-16(24)15-13-8-3-1-2-4-9-14(13)22-23-15/h5-7,10H,1-4,8-9H2,(H,21,24)(H,22,23). The lowest BCUT2D eigenvalue weighted by atomic mass is 9.97. The van der Waals surface area contributed by atoms with Crippen LogP contribution in [-0.4, -0.2) is 22.5 Å². The van der Waals surface area contributed by atoms with Gasteiger partial charge in [-0.25, -0.2) is 0 Å². The number of alkyl halides is 3. The molecule has 0 unspecified atom stereocenters. The zero-order valence-corrected chi connectivity index (χ0v) is 13.4. The van der Waals surface area contributed by atoms with Crippen molar-refractivity contribution in [2.24, 2.45) is 0 Å². The summed E-state index contributed by atoms with van der Waals surface area (Å²) in [4.78, 5) is 12.5. The molecule has 1 aromatic heterocycles. The normalized spacial score (nSPS) is 15.0. The number of aromatic nitrogens is 2. The zero-order valence-electron chi connectivity index (χ0n) is 13.4. The molecular formula is C17H18F3N3O2. The molecule has 0 aliphatic heterocycles. The van der Waals surface area contributed by atoms with E-state index in [1.807, 2.05) is 0 Å². The number of fused-ring (bicyclic) bond motifs is 1. The molecule has 134 valence electrons. The van der Waals surface area contributed by atoms with Crippen molar-refractivity contribution in [1.82, 2.24) is 10.2 Å². The van der Waals surface area contributed by atoms with Crippen LogP contribution in [0.2, 0.25) is 0 Å². The predicted molar refractivity (Wildman–Crippen MR) is 85.5 cm³/mol. The summed E-state index contributed by atoms with van der Waals surface area (Å²) in [7, 11) is 0. The van der Waals surface area contributed by atoms with Crippen molar-refractivity contribution in [1.29, 1.82) is 0 Å². The van der Waals surface area contributed by atoms with Crippen LogP contribution in [-0.2, 0) is 12.8 Å². The number of hydrogen-bond acceptors (Lipinski definition) is 3. The molecule has 1 aromatic carbocycles. The smallest absolute Gasteiger partial charge is 0.406 e. The van der Waals surface area contributed by atoms with E-state index in [4.69, 9.17) is 0 Å². The second kappa shape index (κ2) is 7.16. The predicted octanol–water partition coefficient (Wildman–Crippen LogP) is 4.22. The third-order valence-corrected chi connectivity index (χ3v) is 4.10. The Morgan fingerprint density at radius 3 is 2.68 bits per heavy atom. The maximum atomic E-state index is 12.5. The van der Waals surface area contributed by atoms with Gasteiger partial charge in [-0.3, -0.25) is 9.89 Å². The van der Waals surface area contributed by atoms with Gasteiger partial charge in [0.1, 0.15) is 5.75 Å². The van der Waals surface area contributed by atoms with Crippen LogP contribution >= 0.6 is 0 Å². The van der Waals surface area contributed by atoms with Gasteiger partial charge in [0.2, 0.25) is 0 Å². The average molecular weight is 353 g/mol. The third kappa shape index (κ3) is 4.52. The van der Waals surface area contributed by atoms with Gasteiger partial charge in [-0.05, 0) is 37.8 Å². The van der Waals surface area contributed by atoms with Crippen LogP contribution in [0.3, 0.4) is 0 Å². The highest BCUT2D eigenvalue weighted by Gasteiger charge is 2.31. The van der Waals surface area contributed by atoms with E-state index in [1.165, 1.54) is 18.2 Å². The number of carbonyl (C=O) groups is 1. The van der Waals surface area contributed by atoms with Crippen LogP contribution in [0, 0.1) is 0 Å². The van der Waals surface area contributed by atoms with E-state index < -0.39 is 12.3 Å². The van der Waals surface area contributed by atoms with Crippen molar-refractivity contribution in [2.75, 3.05) is 5.32 Å². The molecule has 1 aliphatic carbocycles. The minimum absolute atomic E-state index is 0.217. The fourth-order valence-electron chi connectivity index (χ4n) is 2.98. The summed E-state index contributed by atoms with van der Waals surface area (Å²) >= 11 is 0. The quantitative estimate of drug-likeness (QED) is 0.868. The number of hydrogen-bond donors (Lipinski definition) is 2. The van der Waals surface area contributed by atoms with E-state index in [2.05, 4.69) is 20.3 Å². The number of nitrogens with one attached hydrogen (secondary N) is 2. The Morgan fingerprint density at radius 2 is 1.92 bits per heavy atom. The average Bonchev–Trinajstić information content (AvgIpc) is 2.87. The molecule has 8 heteroatoms. The van der Waals surface area contributed by atoms with Gasteiger partial charge in [-0.2, -0.15) is 5.10 Å². The van der Waals surface area contributed by atoms with Crippen molar-refractivity contribution >= 4 is 11.6 Å². The number of nitrogens with zero attached hydrogens (tertiary/aromatic N) is 1. The highest BCUT2D eigenvalue weighted by atomic mass is 19.4. The lowest BCUT2D eigenvalue weighted by molar-refractivity contribution is -0.274. The summed E-state index contributed by atoms with van der Waals surface area (Å²) in [6.07, 6.45) is 1.15. The first kappa shape index (κ1) is 17.3. The fraction of sp³-hybridized carbons (Fsp3) is 0.412. The molecular weight excluding hydrogens is 335 g/mol. The minimum Gasteiger partial charge on any atom is -0.406 e. The number of aromatic amines is 1.